The number of hydrogen-bond acceptors (Lipinski definition) is 10. The molecule has 1 fully saturated rings. The van der Waals surface area contributed by atoms with Crippen LogP contribution in [0.25, 0.3) is 27.9 Å². The Hall–Kier alpha value is -5.25. The largest absolute Gasteiger partial charge is 0.490 e. The van der Waals surface area contributed by atoms with E-state index in [4.69, 9.17) is 27.8 Å². The lowest BCUT2D eigenvalue weighted by Gasteiger charge is -2.42. The highest BCUT2D eigenvalue weighted by Gasteiger charge is 2.41. The Morgan fingerprint density at radius 3 is 2.17 bits per heavy atom. The van der Waals surface area contributed by atoms with Crippen molar-refractivity contribution >= 4 is 80.0 Å². The number of rotatable bonds is 8. The number of aromatic nitrogens is 2. The highest BCUT2D eigenvalue weighted by Crippen LogP contribution is 2.26. The molecule has 2 atom stereocenters. The third-order valence-corrected chi connectivity index (χ3v) is 9.45. The third kappa shape index (κ3) is 9.15. The SMILES string of the molecule is CO[C@H](C)[C@H]1C(=O)N(Cc2ccc3c(N)ccnc3c2)CCN1C(=O)C=Cc1ccc(Cl)s1.Nc1ccnc2cc(COC(=O)C(F)(F)F)ccc12. The average molecular weight is 755 g/mol. The molecule has 5 aromatic rings. The summed E-state index contributed by atoms with van der Waals surface area (Å²) in [5.41, 5.74) is 15.6. The molecule has 4 heterocycles. The number of carbonyl (C=O) groups is 3. The number of benzene rings is 2. The van der Waals surface area contributed by atoms with Gasteiger partial charge in [-0.15, -0.1) is 11.3 Å². The zero-order valence-corrected chi connectivity index (χ0v) is 29.5. The molecule has 1 aliphatic heterocycles. The number of ether oxygens (including phenoxy) is 2. The first-order valence-corrected chi connectivity index (χ1v) is 17.0. The summed E-state index contributed by atoms with van der Waals surface area (Å²) in [4.78, 5) is 49.6. The highest BCUT2D eigenvalue weighted by atomic mass is 35.5. The number of carbonyl (C=O) groups excluding carboxylic acids is 3. The second-order valence-corrected chi connectivity index (χ2v) is 13.5. The van der Waals surface area contributed by atoms with E-state index in [1.807, 2.05) is 24.3 Å². The van der Waals surface area contributed by atoms with Crippen molar-refractivity contribution in [2.24, 2.45) is 0 Å². The van der Waals surface area contributed by atoms with E-state index >= 15 is 0 Å². The van der Waals surface area contributed by atoms with Crippen molar-refractivity contribution in [3.8, 4) is 0 Å². The molecular formula is C36H34ClF3N6O5S. The number of amides is 2. The number of anilines is 2. The second kappa shape index (κ2) is 16.4. The quantitative estimate of drug-likeness (QED) is 0.138. The van der Waals surface area contributed by atoms with Gasteiger partial charge in [-0.1, -0.05) is 35.9 Å². The second-order valence-electron chi connectivity index (χ2n) is 11.7. The topological polar surface area (TPSA) is 154 Å². The first-order chi connectivity index (χ1) is 24.7. The van der Waals surface area contributed by atoms with Crippen LogP contribution in [0.2, 0.25) is 4.34 Å². The lowest BCUT2D eigenvalue weighted by Crippen LogP contribution is -2.62. The average Bonchev–Trinajstić information content (AvgIpc) is 3.54. The number of nitrogens with two attached hydrogens (primary N) is 2. The van der Waals surface area contributed by atoms with Gasteiger partial charge < -0.3 is 30.7 Å². The van der Waals surface area contributed by atoms with E-state index in [1.54, 1.807) is 60.4 Å². The summed E-state index contributed by atoms with van der Waals surface area (Å²) in [6, 6.07) is 16.8. The summed E-state index contributed by atoms with van der Waals surface area (Å²) < 4.78 is 46.1. The molecule has 2 aromatic carbocycles. The van der Waals surface area contributed by atoms with Gasteiger partial charge in [0.1, 0.15) is 12.6 Å². The highest BCUT2D eigenvalue weighted by molar-refractivity contribution is 7.17. The molecule has 11 nitrogen and oxygen atoms in total. The molecule has 0 saturated carbocycles. The Kier molecular flexibility index (Phi) is 12.0. The lowest BCUT2D eigenvalue weighted by atomic mass is 10.0. The van der Waals surface area contributed by atoms with Crippen molar-refractivity contribution in [1.82, 2.24) is 19.8 Å². The zero-order chi connectivity index (χ0) is 37.6. The predicted molar refractivity (Wildman–Crippen MR) is 194 cm³/mol. The molecule has 52 heavy (non-hydrogen) atoms. The maximum atomic E-state index is 13.4. The number of esters is 1. The summed E-state index contributed by atoms with van der Waals surface area (Å²) in [5.74, 6) is -2.59. The Bertz CT molecular complexity index is 2130. The van der Waals surface area contributed by atoms with Crippen LogP contribution in [0, 0.1) is 0 Å². The maximum Gasteiger partial charge on any atom is 0.490 e. The van der Waals surface area contributed by atoms with Crippen LogP contribution in [0.1, 0.15) is 22.9 Å². The minimum Gasteiger partial charge on any atom is -0.454 e. The first-order valence-electron chi connectivity index (χ1n) is 15.8. The normalized spacial score (nSPS) is 15.5. The summed E-state index contributed by atoms with van der Waals surface area (Å²) in [5, 5.41) is 1.57. The minimum atomic E-state index is -4.99. The number of alkyl halides is 3. The van der Waals surface area contributed by atoms with Gasteiger partial charge in [-0.3, -0.25) is 19.6 Å². The fourth-order valence-corrected chi connectivity index (χ4v) is 6.49. The molecule has 0 radical (unpaired) electrons. The number of thiophene rings is 1. The van der Waals surface area contributed by atoms with Crippen molar-refractivity contribution in [2.75, 3.05) is 31.7 Å². The number of fused-ring (bicyclic) bond motifs is 2. The Labute approximate surface area is 305 Å². The van der Waals surface area contributed by atoms with E-state index in [0.29, 0.717) is 51.8 Å². The summed E-state index contributed by atoms with van der Waals surface area (Å²) in [7, 11) is 1.54. The minimum absolute atomic E-state index is 0.142. The number of nitrogen functional groups attached to an aromatic ring is 2. The number of pyridine rings is 2. The number of methoxy groups -OCH3 is 1. The molecular weight excluding hydrogens is 721 g/mol. The van der Waals surface area contributed by atoms with E-state index in [0.717, 1.165) is 21.3 Å². The van der Waals surface area contributed by atoms with E-state index in [1.165, 1.54) is 35.7 Å². The van der Waals surface area contributed by atoms with Crippen LogP contribution in [0.4, 0.5) is 24.5 Å². The van der Waals surface area contributed by atoms with Crippen molar-refractivity contribution < 1.29 is 37.0 Å². The zero-order valence-electron chi connectivity index (χ0n) is 28.0. The molecule has 1 saturated heterocycles. The maximum absolute atomic E-state index is 13.4. The van der Waals surface area contributed by atoms with Gasteiger partial charge in [0.25, 0.3) is 0 Å². The van der Waals surface area contributed by atoms with Crippen LogP contribution in [-0.2, 0) is 37.0 Å². The van der Waals surface area contributed by atoms with Gasteiger partial charge in [0.05, 0.1) is 21.5 Å². The van der Waals surface area contributed by atoms with E-state index in [-0.39, 0.29) is 11.8 Å². The molecule has 3 aromatic heterocycles. The van der Waals surface area contributed by atoms with Gasteiger partial charge in [-0.05, 0) is 60.5 Å². The van der Waals surface area contributed by atoms with Crippen molar-refractivity contribution in [3.05, 3.63) is 99.5 Å². The Morgan fingerprint density at radius 2 is 1.60 bits per heavy atom. The standard InChI is InChI=1S/C24H25ClN4O3S.C12H9F3N2O2/c1-15(32-2)23-24(31)28(14-16-3-6-18-19(26)9-10-27-20(18)13-16)11-12-29(23)22(30)8-5-17-4-7-21(25)33-17;13-12(14,15)11(18)19-6-7-1-2-8-9(16)3-4-17-10(8)5-7/h3-10,13,15,23H,11-12,14H2,1-2H3,(H2,26,27);1-5H,6H2,(H2,16,17)/t15-,23+;/m1./s1. The Balaban J connectivity index is 0.000000233. The van der Waals surface area contributed by atoms with Crippen LogP contribution < -0.4 is 11.5 Å². The number of halogens is 4. The van der Waals surface area contributed by atoms with Crippen molar-refractivity contribution in [2.45, 2.75) is 38.4 Å². The van der Waals surface area contributed by atoms with Crippen LogP contribution >= 0.6 is 22.9 Å². The summed E-state index contributed by atoms with van der Waals surface area (Å²) in [6.07, 6.45) is 0.929. The molecule has 272 valence electrons. The molecule has 0 bridgehead atoms. The monoisotopic (exact) mass is 754 g/mol. The molecule has 0 spiro atoms. The lowest BCUT2D eigenvalue weighted by molar-refractivity contribution is -0.201. The van der Waals surface area contributed by atoms with Crippen LogP contribution in [-0.4, -0.2) is 76.1 Å². The molecule has 0 aliphatic carbocycles. The van der Waals surface area contributed by atoms with E-state index < -0.39 is 30.9 Å². The molecule has 2 amide bonds. The van der Waals surface area contributed by atoms with Crippen molar-refractivity contribution in [3.63, 3.8) is 0 Å². The van der Waals surface area contributed by atoms with Crippen LogP contribution in [0.3, 0.4) is 0 Å². The summed E-state index contributed by atoms with van der Waals surface area (Å²) >= 11 is 7.35. The fourth-order valence-electron chi connectivity index (χ4n) is 5.52. The predicted octanol–water partition coefficient (Wildman–Crippen LogP) is 6.24. The fraction of sp³-hybridized carbons (Fsp3) is 0.250. The van der Waals surface area contributed by atoms with Gasteiger partial charge in [0.15, 0.2) is 0 Å². The van der Waals surface area contributed by atoms with Crippen molar-refractivity contribution in [1.29, 1.82) is 0 Å². The van der Waals surface area contributed by atoms with Gasteiger partial charge >= 0.3 is 12.1 Å². The molecule has 16 heteroatoms. The number of piperazine rings is 1. The third-order valence-electron chi connectivity index (χ3n) is 8.25. The Morgan fingerprint density at radius 1 is 0.981 bits per heavy atom. The van der Waals surface area contributed by atoms with Gasteiger partial charge in [-0.2, -0.15) is 13.2 Å². The number of nitrogens with zero attached hydrogens (tertiary/aromatic N) is 4. The van der Waals surface area contributed by atoms with Crippen LogP contribution in [0.15, 0.2) is 79.1 Å². The molecule has 1 aliphatic rings. The summed E-state index contributed by atoms with van der Waals surface area (Å²) in [6.45, 7) is 2.60. The van der Waals surface area contributed by atoms with Gasteiger partial charge in [0.2, 0.25) is 11.8 Å². The first kappa shape index (κ1) is 38.0. The van der Waals surface area contributed by atoms with E-state index in [2.05, 4.69) is 14.7 Å². The van der Waals surface area contributed by atoms with Gasteiger partial charge in [0, 0.05) is 72.2 Å². The van der Waals surface area contributed by atoms with E-state index in [9.17, 15) is 27.6 Å². The number of hydrogen-bond donors (Lipinski definition) is 2. The van der Waals surface area contributed by atoms with Crippen LogP contribution in [0.5, 0.6) is 0 Å². The van der Waals surface area contributed by atoms with Gasteiger partial charge in [-0.25, -0.2) is 4.79 Å². The smallest absolute Gasteiger partial charge is 0.454 e. The molecule has 4 N–H and O–H groups in total. The molecule has 6 rings (SSSR count). The molecule has 0 unspecified atom stereocenters.